The van der Waals surface area contributed by atoms with Crippen molar-refractivity contribution in [3.8, 4) is 0 Å². The number of hydrazine groups is 1. The smallest absolute Gasteiger partial charge is 0.226 e. The minimum Gasteiger partial charge on any atom is -0.379 e. The van der Waals surface area contributed by atoms with Crippen molar-refractivity contribution in [2.45, 2.75) is 43.7 Å². The predicted molar refractivity (Wildman–Crippen MR) is 105 cm³/mol. The lowest BCUT2D eigenvalue weighted by atomic mass is 9.79. The molecule has 2 aliphatic heterocycles. The first-order valence-corrected chi connectivity index (χ1v) is 10.4. The normalized spacial score (nSPS) is 28.7. The third-order valence-corrected chi connectivity index (χ3v) is 6.54. The fraction of sp³-hybridized carbons (Fsp3) is 0.667. The van der Waals surface area contributed by atoms with Crippen LogP contribution in [-0.2, 0) is 9.53 Å². The summed E-state index contributed by atoms with van der Waals surface area (Å²) in [4.78, 5) is 15.6. The zero-order valence-corrected chi connectivity index (χ0v) is 16.1. The van der Waals surface area contributed by atoms with E-state index in [0.29, 0.717) is 6.54 Å². The Morgan fingerprint density at radius 3 is 2.63 bits per heavy atom. The van der Waals surface area contributed by atoms with Gasteiger partial charge in [0.05, 0.1) is 25.2 Å². The summed E-state index contributed by atoms with van der Waals surface area (Å²) in [5.41, 5.74) is 7.72. The third-order valence-electron chi connectivity index (χ3n) is 6.54. The van der Waals surface area contributed by atoms with Gasteiger partial charge in [-0.2, -0.15) is 0 Å². The van der Waals surface area contributed by atoms with Crippen molar-refractivity contribution in [2.24, 2.45) is 5.92 Å². The van der Waals surface area contributed by atoms with Crippen LogP contribution in [0.2, 0.25) is 0 Å². The van der Waals surface area contributed by atoms with Crippen molar-refractivity contribution >= 4 is 5.91 Å². The Bertz CT molecular complexity index is 612. The van der Waals surface area contributed by atoms with Crippen LogP contribution in [0.1, 0.15) is 43.7 Å². The number of nitrogens with one attached hydrogen (secondary N) is 3. The monoisotopic (exact) mass is 372 g/mol. The van der Waals surface area contributed by atoms with Gasteiger partial charge >= 0.3 is 0 Å². The summed E-state index contributed by atoms with van der Waals surface area (Å²) in [7, 11) is 0. The molecule has 3 fully saturated rings. The molecule has 2 atom stereocenters. The number of rotatable bonds is 5. The zero-order chi connectivity index (χ0) is 18.5. The van der Waals surface area contributed by atoms with Crippen LogP contribution in [0.3, 0.4) is 0 Å². The maximum absolute atomic E-state index is 13.1. The SMILES string of the molecule is O=C(NCC1(N2CCOCC2)CCCCC1)C1CNNC1c1ccccc1. The minimum absolute atomic E-state index is 0.0249. The fourth-order valence-corrected chi connectivity index (χ4v) is 4.95. The number of hydrogen-bond donors (Lipinski definition) is 3. The lowest BCUT2D eigenvalue weighted by molar-refractivity contribution is -0.126. The van der Waals surface area contributed by atoms with Gasteiger partial charge in [-0.15, -0.1) is 0 Å². The first kappa shape index (κ1) is 18.9. The highest BCUT2D eigenvalue weighted by Gasteiger charge is 2.40. The molecule has 148 valence electrons. The Labute approximate surface area is 162 Å². The molecule has 2 unspecified atom stereocenters. The highest BCUT2D eigenvalue weighted by Crippen LogP contribution is 2.34. The molecule has 3 N–H and O–H groups in total. The number of morpholine rings is 1. The number of carbonyl (C=O) groups excluding carboxylic acids is 1. The molecule has 6 heteroatoms. The Morgan fingerprint density at radius 1 is 1.15 bits per heavy atom. The summed E-state index contributed by atoms with van der Waals surface area (Å²) in [6, 6.07) is 10.3. The average molecular weight is 373 g/mol. The van der Waals surface area contributed by atoms with Crippen molar-refractivity contribution in [3.63, 3.8) is 0 Å². The van der Waals surface area contributed by atoms with Gasteiger partial charge in [0.2, 0.25) is 5.91 Å². The summed E-state index contributed by atoms with van der Waals surface area (Å²) >= 11 is 0. The topological polar surface area (TPSA) is 65.6 Å². The highest BCUT2D eigenvalue weighted by atomic mass is 16.5. The van der Waals surface area contributed by atoms with E-state index in [1.165, 1.54) is 32.1 Å². The van der Waals surface area contributed by atoms with Gasteiger partial charge in [0.1, 0.15) is 0 Å². The van der Waals surface area contributed by atoms with E-state index in [1.807, 2.05) is 18.2 Å². The first-order valence-electron chi connectivity index (χ1n) is 10.4. The quantitative estimate of drug-likeness (QED) is 0.733. The first-order chi connectivity index (χ1) is 13.3. The van der Waals surface area contributed by atoms with Gasteiger partial charge in [-0.3, -0.25) is 15.1 Å². The minimum atomic E-state index is -0.0854. The molecule has 1 aliphatic carbocycles. The van der Waals surface area contributed by atoms with Crippen molar-refractivity contribution in [1.82, 2.24) is 21.1 Å². The molecular formula is C21H32N4O2. The Morgan fingerprint density at radius 2 is 1.89 bits per heavy atom. The van der Waals surface area contributed by atoms with E-state index in [9.17, 15) is 4.79 Å². The molecule has 2 heterocycles. The van der Waals surface area contributed by atoms with Crippen LogP contribution < -0.4 is 16.2 Å². The Balaban J connectivity index is 1.41. The van der Waals surface area contributed by atoms with Gasteiger partial charge in [-0.05, 0) is 18.4 Å². The van der Waals surface area contributed by atoms with E-state index in [2.05, 4.69) is 33.2 Å². The second-order valence-electron chi connectivity index (χ2n) is 8.12. The second kappa shape index (κ2) is 8.69. The van der Waals surface area contributed by atoms with Gasteiger partial charge in [0.25, 0.3) is 0 Å². The van der Waals surface area contributed by atoms with E-state index in [-0.39, 0.29) is 23.4 Å². The van der Waals surface area contributed by atoms with Crippen LogP contribution >= 0.6 is 0 Å². The highest BCUT2D eigenvalue weighted by molar-refractivity contribution is 5.80. The lowest BCUT2D eigenvalue weighted by Crippen LogP contribution is -2.60. The fourth-order valence-electron chi connectivity index (χ4n) is 4.95. The summed E-state index contributed by atoms with van der Waals surface area (Å²) < 4.78 is 5.56. The molecule has 2 saturated heterocycles. The van der Waals surface area contributed by atoms with Gasteiger partial charge in [0.15, 0.2) is 0 Å². The summed E-state index contributed by atoms with van der Waals surface area (Å²) in [6.07, 6.45) is 6.18. The maximum Gasteiger partial charge on any atom is 0.226 e. The van der Waals surface area contributed by atoms with E-state index < -0.39 is 0 Å². The van der Waals surface area contributed by atoms with Gasteiger partial charge < -0.3 is 10.1 Å². The van der Waals surface area contributed by atoms with Gasteiger partial charge in [-0.25, -0.2) is 5.43 Å². The molecule has 1 saturated carbocycles. The summed E-state index contributed by atoms with van der Waals surface area (Å²) in [6.45, 7) is 4.99. The average Bonchev–Trinajstić information content (AvgIpc) is 3.24. The number of benzene rings is 1. The van der Waals surface area contributed by atoms with Crippen LogP contribution in [0, 0.1) is 5.92 Å². The van der Waals surface area contributed by atoms with Crippen molar-refractivity contribution < 1.29 is 9.53 Å². The van der Waals surface area contributed by atoms with Crippen LogP contribution in [0.15, 0.2) is 30.3 Å². The number of nitrogens with zero attached hydrogens (tertiary/aromatic N) is 1. The molecule has 0 spiro atoms. The van der Waals surface area contributed by atoms with Crippen molar-refractivity contribution in [2.75, 3.05) is 39.4 Å². The van der Waals surface area contributed by atoms with Crippen LogP contribution in [0.25, 0.3) is 0 Å². The number of hydrogen-bond acceptors (Lipinski definition) is 5. The summed E-state index contributed by atoms with van der Waals surface area (Å²) in [5, 5.41) is 3.33. The largest absolute Gasteiger partial charge is 0.379 e. The molecule has 3 aliphatic rings. The molecule has 27 heavy (non-hydrogen) atoms. The lowest BCUT2D eigenvalue weighted by Gasteiger charge is -2.48. The van der Waals surface area contributed by atoms with E-state index in [1.54, 1.807) is 0 Å². The molecular weight excluding hydrogens is 340 g/mol. The molecule has 6 nitrogen and oxygen atoms in total. The van der Waals surface area contributed by atoms with Crippen molar-refractivity contribution in [3.05, 3.63) is 35.9 Å². The van der Waals surface area contributed by atoms with Gasteiger partial charge in [0, 0.05) is 31.7 Å². The van der Waals surface area contributed by atoms with E-state index in [0.717, 1.165) is 38.4 Å². The van der Waals surface area contributed by atoms with Crippen LogP contribution in [0.4, 0.5) is 0 Å². The standard InChI is InChI=1S/C21H32N4O2/c26-20(18-15-23-24-19(18)17-7-3-1-4-8-17)22-16-21(9-5-2-6-10-21)25-11-13-27-14-12-25/h1,3-4,7-8,18-19,23-24H,2,5-6,9-16H2,(H,22,26). The molecule has 1 amide bonds. The number of amides is 1. The third kappa shape index (κ3) is 4.19. The summed E-state index contributed by atoms with van der Waals surface area (Å²) in [5.74, 6) is 0.0669. The maximum atomic E-state index is 13.1. The molecule has 1 aromatic rings. The van der Waals surface area contributed by atoms with E-state index >= 15 is 0 Å². The molecule has 0 radical (unpaired) electrons. The van der Waals surface area contributed by atoms with Crippen LogP contribution in [0.5, 0.6) is 0 Å². The molecule has 0 aromatic heterocycles. The van der Waals surface area contributed by atoms with Crippen molar-refractivity contribution in [1.29, 1.82) is 0 Å². The molecule has 1 aromatic carbocycles. The molecule has 0 bridgehead atoms. The van der Waals surface area contributed by atoms with E-state index in [4.69, 9.17) is 4.74 Å². The molecule has 4 rings (SSSR count). The number of ether oxygens (including phenoxy) is 1. The Kier molecular flexibility index (Phi) is 6.08. The zero-order valence-electron chi connectivity index (χ0n) is 16.1. The predicted octanol–water partition coefficient (Wildman–Crippen LogP) is 1.60. The second-order valence-corrected chi connectivity index (χ2v) is 8.12. The van der Waals surface area contributed by atoms with Crippen LogP contribution in [-0.4, -0.2) is 55.7 Å². The Hall–Kier alpha value is -1.47. The number of carbonyl (C=O) groups is 1. The van der Waals surface area contributed by atoms with Gasteiger partial charge in [-0.1, -0.05) is 49.6 Å².